The predicted molar refractivity (Wildman–Crippen MR) is 135 cm³/mol. The lowest BCUT2D eigenvalue weighted by molar-refractivity contribution is 0.0702. The van der Waals surface area contributed by atoms with E-state index in [-0.39, 0.29) is 23.3 Å². The molecule has 2 N–H and O–H groups in total. The summed E-state index contributed by atoms with van der Waals surface area (Å²) in [6, 6.07) is 19.0. The van der Waals surface area contributed by atoms with E-state index >= 15 is 0 Å². The summed E-state index contributed by atoms with van der Waals surface area (Å²) in [5.74, 6) is 0.766. The maximum absolute atomic E-state index is 11.3. The smallest absolute Gasteiger partial charge is 0.347 e. The van der Waals surface area contributed by atoms with Crippen LogP contribution in [0.15, 0.2) is 60.8 Å². The SMILES string of the molecule is COc1cccc([C@@H](C)NCC2CCN(c3ncc(C(=O)O)s3)CC2c2ccccc2)c1.Cl. The number of nitrogens with zero attached hydrogens (tertiary/aromatic N) is 2. The number of halogens is 1. The van der Waals surface area contributed by atoms with Gasteiger partial charge in [-0.2, -0.15) is 0 Å². The Bertz CT molecular complexity index is 1050. The molecule has 1 aliphatic heterocycles. The number of carboxylic acid groups (broad SMARTS) is 1. The first-order valence-electron chi connectivity index (χ1n) is 10.9. The minimum atomic E-state index is -0.918. The molecule has 3 aromatic rings. The highest BCUT2D eigenvalue weighted by molar-refractivity contribution is 7.17. The summed E-state index contributed by atoms with van der Waals surface area (Å²) in [7, 11) is 1.69. The van der Waals surface area contributed by atoms with Gasteiger partial charge in [0.1, 0.15) is 10.6 Å². The number of hydrogen-bond donors (Lipinski definition) is 2. The minimum Gasteiger partial charge on any atom is -0.497 e. The van der Waals surface area contributed by atoms with E-state index in [1.54, 1.807) is 7.11 Å². The van der Waals surface area contributed by atoms with Crippen molar-refractivity contribution in [3.63, 3.8) is 0 Å². The summed E-state index contributed by atoms with van der Waals surface area (Å²) in [5, 5.41) is 13.8. The number of carbonyl (C=O) groups is 1. The van der Waals surface area contributed by atoms with Gasteiger partial charge < -0.3 is 20.1 Å². The predicted octanol–water partition coefficient (Wildman–Crippen LogP) is 5.23. The molecular formula is C25H30ClN3O3S. The molecule has 3 atom stereocenters. The van der Waals surface area contributed by atoms with Crippen molar-refractivity contribution < 1.29 is 14.6 Å². The second kappa shape index (κ2) is 11.5. The van der Waals surface area contributed by atoms with Gasteiger partial charge in [-0.25, -0.2) is 9.78 Å². The third-order valence-corrected chi connectivity index (χ3v) is 7.28. The van der Waals surface area contributed by atoms with Crippen molar-refractivity contribution in [2.45, 2.75) is 25.3 Å². The van der Waals surface area contributed by atoms with Gasteiger partial charge in [-0.1, -0.05) is 53.8 Å². The highest BCUT2D eigenvalue weighted by Gasteiger charge is 2.32. The number of hydrogen-bond acceptors (Lipinski definition) is 6. The molecule has 6 nitrogen and oxygen atoms in total. The van der Waals surface area contributed by atoms with Crippen molar-refractivity contribution >= 4 is 34.8 Å². The number of carboxylic acids is 1. The Morgan fingerprint density at radius 1 is 1.27 bits per heavy atom. The molecule has 2 unspecified atom stereocenters. The summed E-state index contributed by atoms with van der Waals surface area (Å²) >= 11 is 1.25. The lowest BCUT2D eigenvalue weighted by Gasteiger charge is -2.39. The molecular weight excluding hydrogens is 458 g/mol. The molecule has 0 aliphatic carbocycles. The van der Waals surface area contributed by atoms with Gasteiger partial charge in [-0.3, -0.25) is 0 Å². The van der Waals surface area contributed by atoms with E-state index in [9.17, 15) is 9.90 Å². The monoisotopic (exact) mass is 487 g/mol. The van der Waals surface area contributed by atoms with Gasteiger partial charge in [0, 0.05) is 25.0 Å². The Balaban J connectivity index is 0.00000306. The van der Waals surface area contributed by atoms with Crippen molar-refractivity contribution in [2.24, 2.45) is 5.92 Å². The van der Waals surface area contributed by atoms with Crippen molar-refractivity contribution in [3.05, 3.63) is 76.8 Å². The Labute approximate surface area is 205 Å². The Kier molecular flexibility index (Phi) is 8.72. The number of thiazole rings is 1. The number of anilines is 1. The molecule has 2 heterocycles. The van der Waals surface area contributed by atoms with E-state index in [0.29, 0.717) is 11.8 Å². The van der Waals surface area contributed by atoms with Gasteiger partial charge in [0.15, 0.2) is 5.13 Å². The Morgan fingerprint density at radius 3 is 2.76 bits per heavy atom. The van der Waals surface area contributed by atoms with E-state index in [0.717, 1.165) is 36.9 Å². The molecule has 1 saturated heterocycles. The lowest BCUT2D eigenvalue weighted by atomic mass is 9.80. The van der Waals surface area contributed by atoms with Gasteiger partial charge >= 0.3 is 5.97 Å². The first kappa shape index (κ1) is 25.0. The fraction of sp³-hybridized carbons (Fsp3) is 0.360. The molecule has 176 valence electrons. The van der Waals surface area contributed by atoms with E-state index in [4.69, 9.17) is 4.74 Å². The largest absolute Gasteiger partial charge is 0.497 e. The number of aromatic carboxylic acids is 1. The molecule has 0 spiro atoms. The molecule has 1 fully saturated rings. The van der Waals surface area contributed by atoms with Crippen LogP contribution in [0.5, 0.6) is 5.75 Å². The minimum absolute atomic E-state index is 0. The summed E-state index contributed by atoms with van der Waals surface area (Å²) in [6.07, 6.45) is 2.47. The molecule has 8 heteroatoms. The van der Waals surface area contributed by atoms with Crippen molar-refractivity contribution in [3.8, 4) is 5.75 Å². The molecule has 0 bridgehead atoms. The molecule has 4 rings (SSSR count). The third-order valence-electron chi connectivity index (χ3n) is 6.24. The second-order valence-electron chi connectivity index (χ2n) is 8.23. The van der Waals surface area contributed by atoms with Crippen LogP contribution in [0, 0.1) is 5.92 Å². The van der Waals surface area contributed by atoms with E-state index in [1.807, 2.05) is 18.2 Å². The van der Waals surface area contributed by atoms with Gasteiger partial charge in [-0.15, -0.1) is 12.4 Å². The highest BCUT2D eigenvalue weighted by atomic mass is 35.5. The van der Waals surface area contributed by atoms with E-state index in [2.05, 4.69) is 58.5 Å². The average Bonchev–Trinajstić information content (AvgIpc) is 3.34. The zero-order valence-electron chi connectivity index (χ0n) is 18.8. The van der Waals surface area contributed by atoms with E-state index in [1.165, 1.54) is 28.7 Å². The molecule has 1 aliphatic rings. The van der Waals surface area contributed by atoms with Gasteiger partial charge in [0.2, 0.25) is 0 Å². The summed E-state index contributed by atoms with van der Waals surface area (Å²) < 4.78 is 5.37. The van der Waals surface area contributed by atoms with Gasteiger partial charge in [0.05, 0.1) is 13.3 Å². The quantitative estimate of drug-likeness (QED) is 0.453. The standard InChI is InChI=1S/C25H29N3O3S.ClH/c1-17(19-9-6-10-21(13-19)31-2)26-14-20-11-12-28(25-27-15-23(32-25)24(29)30)16-22(20)18-7-4-3-5-8-18;/h3-10,13,15,17,20,22,26H,11-12,14,16H2,1-2H3,(H,29,30);1H/t17-,20?,22?;/m1./s1. The first-order valence-corrected chi connectivity index (χ1v) is 11.7. The molecule has 1 aromatic heterocycles. The fourth-order valence-electron chi connectivity index (χ4n) is 4.36. The van der Waals surface area contributed by atoms with Crippen molar-refractivity contribution in [1.29, 1.82) is 0 Å². The van der Waals surface area contributed by atoms with Crippen LogP contribution in [0.3, 0.4) is 0 Å². The summed E-state index contributed by atoms with van der Waals surface area (Å²) in [4.78, 5) is 18.2. The lowest BCUT2D eigenvalue weighted by Crippen LogP contribution is -2.43. The zero-order valence-corrected chi connectivity index (χ0v) is 20.4. The maximum Gasteiger partial charge on any atom is 0.347 e. The fourth-order valence-corrected chi connectivity index (χ4v) is 5.15. The zero-order chi connectivity index (χ0) is 22.5. The molecule has 0 amide bonds. The highest BCUT2D eigenvalue weighted by Crippen LogP contribution is 2.36. The van der Waals surface area contributed by atoms with Gasteiger partial charge in [-0.05, 0) is 49.1 Å². The topological polar surface area (TPSA) is 74.7 Å². The normalized spacial score (nSPS) is 18.9. The summed E-state index contributed by atoms with van der Waals surface area (Å²) in [5.41, 5.74) is 2.52. The van der Waals surface area contributed by atoms with Crippen LogP contribution < -0.4 is 15.0 Å². The number of rotatable bonds is 8. The molecule has 2 aromatic carbocycles. The number of aromatic nitrogens is 1. The maximum atomic E-state index is 11.3. The number of nitrogens with one attached hydrogen (secondary N) is 1. The van der Waals surface area contributed by atoms with Crippen molar-refractivity contribution in [2.75, 3.05) is 31.6 Å². The number of ether oxygens (including phenoxy) is 1. The first-order chi connectivity index (χ1) is 15.5. The van der Waals surface area contributed by atoms with Gasteiger partial charge in [0.25, 0.3) is 0 Å². The molecule has 0 radical (unpaired) electrons. The number of benzene rings is 2. The van der Waals surface area contributed by atoms with Crippen LogP contribution in [0.25, 0.3) is 0 Å². The van der Waals surface area contributed by atoms with Crippen LogP contribution in [0.4, 0.5) is 5.13 Å². The van der Waals surface area contributed by atoms with Crippen LogP contribution in [0.2, 0.25) is 0 Å². The number of piperidine rings is 1. The van der Waals surface area contributed by atoms with Crippen LogP contribution in [0.1, 0.15) is 46.1 Å². The second-order valence-corrected chi connectivity index (χ2v) is 9.24. The van der Waals surface area contributed by atoms with Crippen LogP contribution in [-0.2, 0) is 0 Å². The Morgan fingerprint density at radius 2 is 2.06 bits per heavy atom. The van der Waals surface area contributed by atoms with Crippen LogP contribution >= 0.6 is 23.7 Å². The third kappa shape index (κ3) is 6.05. The van der Waals surface area contributed by atoms with E-state index < -0.39 is 5.97 Å². The Hall–Kier alpha value is -2.61. The summed E-state index contributed by atoms with van der Waals surface area (Å²) in [6.45, 7) is 4.79. The molecule has 0 saturated carbocycles. The van der Waals surface area contributed by atoms with Crippen molar-refractivity contribution in [1.82, 2.24) is 10.3 Å². The van der Waals surface area contributed by atoms with Crippen LogP contribution in [-0.4, -0.2) is 42.8 Å². The molecule has 33 heavy (non-hydrogen) atoms. The average molecular weight is 488 g/mol. The number of methoxy groups -OCH3 is 1.